The van der Waals surface area contributed by atoms with Crippen molar-refractivity contribution < 1.29 is 5.11 Å². The van der Waals surface area contributed by atoms with Gasteiger partial charge in [-0.2, -0.15) is 0 Å². The summed E-state index contributed by atoms with van der Waals surface area (Å²) in [5.41, 5.74) is 3.59. The van der Waals surface area contributed by atoms with Gasteiger partial charge in [-0.3, -0.25) is 0 Å². The summed E-state index contributed by atoms with van der Waals surface area (Å²) in [4.78, 5) is 3.73. The highest BCUT2D eigenvalue weighted by atomic mass is 32.2. The summed E-state index contributed by atoms with van der Waals surface area (Å²) < 4.78 is 2.36. The van der Waals surface area contributed by atoms with Crippen molar-refractivity contribution in [1.29, 1.82) is 0 Å². The Morgan fingerprint density at radius 2 is 1.80 bits per heavy atom. The Kier molecular flexibility index (Phi) is 14.7. The van der Waals surface area contributed by atoms with E-state index in [0.29, 0.717) is 0 Å². The van der Waals surface area contributed by atoms with Crippen molar-refractivity contribution >= 4 is 11.9 Å². The van der Waals surface area contributed by atoms with Crippen LogP contribution in [0.2, 0.25) is 0 Å². The summed E-state index contributed by atoms with van der Waals surface area (Å²) >= 11 is 1.80. The van der Waals surface area contributed by atoms with E-state index in [1.54, 1.807) is 11.9 Å². The van der Waals surface area contributed by atoms with E-state index in [1.807, 2.05) is 0 Å². The van der Waals surface area contributed by atoms with Gasteiger partial charge in [0.2, 0.25) is 0 Å². The average molecular weight is 433 g/mol. The number of nitrogens with zero attached hydrogens (tertiary/aromatic N) is 2. The van der Waals surface area contributed by atoms with E-state index in [4.69, 9.17) is 0 Å². The lowest BCUT2D eigenvalue weighted by molar-refractivity contribution is 0.335. The molecule has 0 atom stereocenters. The fourth-order valence-corrected chi connectivity index (χ4v) is 4.32. The Balaban J connectivity index is 3.31. The second kappa shape index (κ2) is 16.5. The lowest BCUT2D eigenvalue weighted by atomic mass is 9.97. The van der Waals surface area contributed by atoms with Crippen LogP contribution >= 0.6 is 11.9 Å². The number of hydrogen-bond acceptors (Lipinski definition) is 4. The first kappa shape index (κ1) is 26.8. The number of unbranched alkanes of at least 4 members (excludes halogenated alkanes) is 2. The molecule has 0 amide bonds. The van der Waals surface area contributed by atoms with Crippen LogP contribution in [0.3, 0.4) is 0 Å². The molecule has 0 radical (unpaired) electrons. The highest BCUT2D eigenvalue weighted by Crippen LogP contribution is 2.34. The summed E-state index contributed by atoms with van der Waals surface area (Å²) in [6, 6.07) is 0. The molecule has 0 bridgehead atoms. The maximum absolute atomic E-state index is 9.63. The number of hydrogen-bond donors (Lipinski definition) is 1. The van der Waals surface area contributed by atoms with Gasteiger partial charge >= 0.3 is 0 Å². The minimum Gasteiger partial charge on any atom is -0.392 e. The summed E-state index contributed by atoms with van der Waals surface area (Å²) in [5.74, 6) is 0. The minimum atomic E-state index is -0.00356. The molecule has 1 aliphatic rings. The smallest absolute Gasteiger partial charge is 0.0676 e. The molecule has 0 heterocycles. The fourth-order valence-electron chi connectivity index (χ4n) is 3.32. The third kappa shape index (κ3) is 10.7. The normalized spacial score (nSPS) is 14.9. The third-order valence-electron chi connectivity index (χ3n) is 5.24. The van der Waals surface area contributed by atoms with Crippen molar-refractivity contribution in [3.8, 4) is 0 Å². The lowest BCUT2D eigenvalue weighted by Crippen LogP contribution is -2.21. The SMILES string of the molecule is C=C(/C=C(SN(CC)CC)\C(=C\N(CCCC)CCCC)CC1=CC=CCC1)CO. The molecule has 0 unspecified atom stereocenters. The Bertz CT molecular complexity index is 607. The van der Waals surface area contributed by atoms with Gasteiger partial charge < -0.3 is 10.0 Å². The van der Waals surface area contributed by atoms with Crippen molar-refractivity contribution in [2.45, 2.75) is 72.6 Å². The zero-order valence-corrected chi connectivity index (χ0v) is 20.6. The highest BCUT2D eigenvalue weighted by molar-refractivity contribution is 8.01. The molecule has 0 saturated heterocycles. The van der Waals surface area contributed by atoms with Crippen LogP contribution in [0.5, 0.6) is 0 Å². The predicted molar refractivity (Wildman–Crippen MR) is 135 cm³/mol. The summed E-state index contributed by atoms with van der Waals surface area (Å²) in [7, 11) is 0. The molecule has 0 aromatic carbocycles. The molecule has 30 heavy (non-hydrogen) atoms. The van der Waals surface area contributed by atoms with Crippen molar-refractivity contribution in [2.24, 2.45) is 0 Å². The van der Waals surface area contributed by atoms with E-state index < -0.39 is 0 Å². The topological polar surface area (TPSA) is 26.7 Å². The molecular formula is C26H44N2OS. The standard InChI is InChI=1S/C26H44N2OS/c1-6-10-17-27(18-11-7-2)21-25(20-24-15-13-12-14-16-24)26(19-23(5)22-29)30-28(8-3)9-4/h12-13,15,19,21,29H,5-11,14,16-18,20,22H2,1-4H3/b25-21+,26-19+. The molecule has 0 aromatic rings. The van der Waals surface area contributed by atoms with Crippen molar-refractivity contribution in [3.63, 3.8) is 0 Å². The van der Waals surface area contributed by atoms with Crippen LogP contribution in [0.25, 0.3) is 0 Å². The quantitative estimate of drug-likeness (QED) is 0.213. The zero-order chi connectivity index (χ0) is 22.2. The molecule has 170 valence electrons. The zero-order valence-electron chi connectivity index (χ0n) is 19.8. The third-order valence-corrected chi connectivity index (χ3v) is 6.59. The van der Waals surface area contributed by atoms with Crippen LogP contribution < -0.4 is 0 Å². The van der Waals surface area contributed by atoms with E-state index in [-0.39, 0.29) is 6.61 Å². The van der Waals surface area contributed by atoms with Gasteiger partial charge in [-0.05, 0) is 61.3 Å². The first-order valence-electron chi connectivity index (χ1n) is 11.8. The first-order chi connectivity index (χ1) is 14.6. The second-order valence-electron chi connectivity index (χ2n) is 7.90. The lowest BCUT2D eigenvalue weighted by Gasteiger charge is -2.26. The summed E-state index contributed by atoms with van der Waals surface area (Å²) in [6.45, 7) is 17.1. The van der Waals surface area contributed by atoms with Gasteiger partial charge in [0.25, 0.3) is 0 Å². The van der Waals surface area contributed by atoms with Crippen LogP contribution in [0.1, 0.15) is 72.6 Å². The molecule has 0 aromatic heterocycles. The first-order valence-corrected chi connectivity index (χ1v) is 12.6. The van der Waals surface area contributed by atoms with E-state index in [1.165, 1.54) is 41.7 Å². The van der Waals surface area contributed by atoms with Crippen LogP contribution in [0.15, 0.2) is 58.7 Å². The molecule has 0 fully saturated rings. The molecule has 1 N–H and O–H groups in total. The van der Waals surface area contributed by atoms with E-state index in [0.717, 1.165) is 51.0 Å². The van der Waals surface area contributed by atoms with Gasteiger partial charge in [-0.25, -0.2) is 4.31 Å². The van der Waals surface area contributed by atoms with Crippen LogP contribution in [-0.4, -0.2) is 47.1 Å². The monoisotopic (exact) mass is 432 g/mol. The fraction of sp³-hybridized carbons (Fsp3) is 0.615. The Labute approximate surface area is 190 Å². The number of aliphatic hydroxyl groups excluding tert-OH is 1. The van der Waals surface area contributed by atoms with E-state index >= 15 is 0 Å². The number of rotatable bonds is 16. The summed E-state index contributed by atoms with van der Waals surface area (Å²) in [5, 5.41) is 9.63. The Hall–Kier alpha value is -1.23. The molecule has 0 spiro atoms. The van der Waals surface area contributed by atoms with Crippen molar-refractivity contribution in [3.05, 3.63) is 58.7 Å². The maximum Gasteiger partial charge on any atom is 0.0676 e. The van der Waals surface area contributed by atoms with Crippen molar-refractivity contribution in [2.75, 3.05) is 32.8 Å². The van der Waals surface area contributed by atoms with Crippen molar-refractivity contribution in [1.82, 2.24) is 9.21 Å². The summed E-state index contributed by atoms with van der Waals surface area (Å²) in [6.07, 6.45) is 19.3. The van der Waals surface area contributed by atoms with E-state index in [2.05, 4.69) is 74.0 Å². The van der Waals surface area contributed by atoms with Gasteiger partial charge in [-0.1, -0.05) is 70.9 Å². The molecular weight excluding hydrogens is 388 g/mol. The average Bonchev–Trinajstić information content (AvgIpc) is 2.78. The number of aliphatic hydroxyl groups is 1. The van der Waals surface area contributed by atoms with Gasteiger partial charge in [0.15, 0.2) is 0 Å². The van der Waals surface area contributed by atoms with Gasteiger partial charge in [0.05, 0.1) is 6.61 Å². The largest absolute Gasteiger partial charge is 0.392 e. The molecule has 4 heteroatoms. The van der Waals surface area contributed by atoms with Crippen LogP contribution in [0, 0.1) is 0 Å². The minimum absolute atomic E-state index is 0.00356. The van der Waals surface area contributed by atoms with Crippen LogP contribution in [-0.2, 0) is 0 Å². The van der Waals surface area contributed by atoms with Gasteiger partial charge in [0, 0.05) is 37.3 Å². The predicted octanol–water partition coefficient (Wildman–Crippen LogP) is 6.86. The molecule has 1 aliphatic carbocycles. The second-order valence-corrected chi connectivity index (χ2v) is 9.04. The Morgan fingerprint density at radius 3 is 2.30 bits per heavy atom. The van der Waals surface area contributed by atoms with Gasteiger partial charge in [-0.15, -0.1) is 0 Å². The molecule has 0 aliphatic heterocycles. The molecule has 1 rings (SSSR count). The van der Waals surface area contributed by atoms with Gasteiger partial charge in [0.1, 0.15) is 0 Å². The molecule has 3 nitrogen and oxygen atoms in total. The Morgan fingerprint density at radius 1 is 1.13 bits per heavy atom. The number of allylic oxidation sites excluding steroid dienone is 5. The maximum atomic E-state index is 9.63. The molecule has 0 saturated carbocycles. The van der Waals surface area contributed by atoms with E-state index in [9.17, 15) is 5.11 Å². The highest BCUT2D eigenvalue weighted by Gasteiger charge is 2.15. The van der Waals surface area contributed by atoms with Crippen LogP contribution in [0.4, 0.5) is 0 Å².